The van der Waals surface area contributed by atoms with Gasteiger partial charge in [-0.05, 0) is 56.2 Å². The number of aromatic amines is 1. The Morgan fingerprint density at radius 1 is 1.07 bits per heavy atom. The maximum atomic E-state index is 12.6. The topological polar surface area (TPSA) is 75.6 Å². The van der Waals surface area contributed by atoms with Crippen LogP contribution in [0.15, 0.2) is 47.4 Å². The predicted octanol–water partition coefficient (Wildman–Crippen LogP) is 3.36. The number of rotatable bonds is 2. The van der Waals surface area contributed by atoms with E-state index in [9.17, 15) is 4.79 Å². The lowest BCUT2D eigenvalue weighted by Crippen LogP contribution is -2.15. The van der Waals surface area contributed by atoms with Crippen LogP contribution in [0.5, 0.6) is 0 Å². The van der Waals surface area contributed by atoms with Gasteiger partial charge >= 0.3 is 5.69 Å². The lowest BCUT2D eigenvalue weighted by molar-refractivity contribution is 0.995. The zero-order chi connectivity index (χ0) is 18.5. The maximum Gasteiger partial charge on any atom is 0.333 e. The Kier molecular flexibility index (Phi) is 3.40. The third-order valence-electron chi connectivity index (χ3n) is 4.97. The average molecular weight is 357 g/mol. The number of aromatic nitrogens is 4. The molecule has 1 aliphatic rings. The van der Waals surface area contributed by atoms with Crippen LogP contribution < -0.4 is 11.0 Å². The number of aryl methyl sites for hydroxylation is 2. The summed E-state index contributed by atoms with van der Waals surface area (Å²) in [6.45, 7) is 5.05. The van der Waals surface area contributed by atoms with Crippen LogP contribution >= 0.6 is 0 Å². The molecule has 5 rings (SSSR count). The van der Waals surface area contributed by atoms with Crippen molar-refractivity contribution in [3.05, 3.63) is 69.8 Å². The molecule has 0 unspecified atom stereocenters. The summed E-state index contributed by atoms with van der Waals surface area (Å²) < 4.78 is 1.60. The summed E-state index contributed by atoms with van der Waals surface area (Å²) in [6, 6.07) is 12.3. The zero-order valence-electron chi connectivity index (χ0n) is 15.2. The van der Waals surface area contributed by atoms with Gasteiger partial charge in [-0.3, -0.25) is 4.98 Å². The molecule has 27 heavy (non-hydrogen) atoms. The number of H-pyrrole nitrogens is 1. The minimum absolute atomic E-state index is 0.228. The molecule has 0 radical (unpaired) electrons. The van der Waals surface area contributed by atoms with E-state index in [2.05, 4.69) is 53.4 Å². The molecule has 0 atom stereocenters. The fourth-order valence-corrected chi connectivity index (χ4v) is 3.81. The van der Waals surface area contributed by atoms with E-state index in [4.69, 9.17) is 4.98 Å². The van der Waals surface area contributed by atoms with Gasteiger partial charge in [0.15, 0.2) is 11.3 Å². The van der Waals surface area contributed by atoms with Gasteiger partial charge in [0.25, 0.3) is 0 Å². The summed E-state index contributed by atoms with van der Waals surface area (Å²) in [4.78, 5) is 24.6. The summed E-state index contributed by atoms with van der Waals surface area (Å²) >= 11 is 0. The van der Waals surface area contributed by atoms with Crippen LogP contribution in [0.1, 0.15) is 16.7 Å². The Hall–Kier alpha value is -3.41. The van der Waals surface area contributed by atoms with Gasteiger partial charge in [0.1, 0.15) is 0 Å². The van der Waals surface area contributed by atoms with Crippen molar-refractivity contribution in [3.8, 4) is 16.9 Å². The molecule has 1 aliphatic heterocycles. The first-order chi connectivity index (χ1) is 13.1. The Balaban J connectivity index is 1.71. The molecule has 0 fully saturated rings. The SMILES string of the molecule is Cc1cc(C)cc(-c2cnc3[nH]c(=O)n(-c4ccc5c(c4)CCN5)c3n2)c1. The Morgan fingerprint density at radius 2 is 1.89 bits per heavy atom. The number of imidazole rings is 1. The van der Waals surface area contributed by atoms with Gasteiger partial charge in [0, 0.05) is 17.8 Å². The van der Waals surface area contributed by atoms with Crippen LogP contribution in [-0.2, 0) is 6.42 Å². The second kappa shape index (κ2) is 5.81. The largest absolute Gasteiger partial charge is 0.384 e. The summed E-state index contributed by atoms with van der Waals surface area (Å²) in [7, 11) is 0. The van der Waals surface area contributed by atoms with Crippen molar-refractivity contribution >= 4 is 17.0 Å². The molecule has 2 aromatic carbocycles. The second-order valence-electron chi connectivity index (χ2n) is 7.09. The summed E-state index contributed by atoms with van der Waals surface area (Å²) in [5, 5.41) is 3.34. The van der Waals surface area contributed by atoms with Crippen molar-refractivity contribution in [2.24, 2.45) is 0 Å². The van der Waals surface area contributed by atoms with Crippen LogP contribution in [0, 0.1) is 13.8 Å². The van der Waals surface area contributed by atoms with Gasteiger partial charge in [-0.15, -0.1) is 0 Å². The highest BCUT2D eigenvalue weighted by Gasteiger charge is 2.16. The van der Waals surface area contributed by atoms with Crippen molar-refractivity contribution < 1.29 is 0 Å². The lowest BCUT2D eigenvalue weighted by atomic mass is 10.1. The van der Waals surface area contributed by atoms with Crippen LogP contribution in [0.3, 0.4) is 0 Å². The number of nitrogens with one attached hydrogen (secondary N) is 2. The number of hydrogen-bond donors (Lipinski definition) is 2. The molecule has 0 spiro atoms. The molecule has 0 saturated heterocycles. The van der Waals surface area contributed by atoms with E-state index in [0.29, 0.717) is 11.3 Å². The summed E-state index contributed by atoms with van der Waals surface area (Å²) in [6.07, 6.45) is 2.67. The third kappa shape index (κ3) is 2.61. The molecule has 3 heterocycles. The van der Waals surface area contributed by atoms with Gasteiger partial charge in [0.05, 0.1) is 17.6 Å². The Bertz CT molecular complexity index is 1230. The fourth-order valence-electron chi connectivity index (χ4n) is 3.81. The molecule has 2 N–H and O–H groups in total. The highest BCUT2D eigenvalue weighted by atomic mass is 16.1. The quantitative estimate of drug-likeness (QED) is 0.577. The summed E-state index contributed by atoms with van der Waals surface area (Å²) in [5.74, 6) is 0. The van der Waals surface area contributed by atoms with Crippen LogP contribution in [0.4, 0.5) is 5.69 Å². The van der Waals surface area contributed by atoms with Crippen LogP contribution in [0.25, 0.3) is 28.2 Å². The molecule has 0 saturated carbocycles. The zero-order valence-corrected chi connectivity index (χ0v) is 15.2. The molecule has 6 nitrogen and oxygen atoms in total. The number of benzene rings is 2. The molecule has 134 valence electrons. The van der Waals surface area contributed by atoms with E-state index in [0.717, 1.165) is 35.6 Å². The molecule has 0 bridgehead atoms. The van der Waals surface area contributed by atoms with E-state index in [1.807, 2.05) is 12.1 Å². The first-order valence-electron chi connectivity index (χ1n) is 9.02. The van der Waals surface area contributed by atoms with Gasteiger partial charge < -0.3 is 5.32 Å². The highest BCUT2D eigenvalue weighted by Crippen LogP contribution is 2.26. The standard InChI is InChI=1S/C21H19N5O/c1-12-7-13(2)9-15(8-12)18-11-23-19-20(24-18)26(21(27)25-19)16-3-4-17-14(10-16)5-6-22-17/h3-4,7-11,22H,5-6H2,1-2H3,(H,23,25,27). The molecular weight excluding hydrogens is 338 g/mol. The predicted molar refractivity (Wildman–Crippen MR) is 107 cm³/mol. The maximum absolute atomic E-state index is 12.6. The molecule has 0 amide bonds. The van der Waals surface area contributed by atoms with Gasteiger partial charge in [-0.1, -0.05) is 17.2 Å². The minimum Gasteiger partial charge on any atom is -0.384 e. The van der Waals surface area contributed by atoms with Crippen molar-refractivity contribution in [2.45, 2.75) is 20.3 Å². The first kappa shape index (κ1) is 15.8. The smallest absolute Gasteiger partial charge is 0.333 e. The lowest BCUT2D eigenvalue weighted by Gasteiger charge is -2.07. The van der Waals surface area contributed by atoms with E-state index in [1.165, 1.54) is 16.7 Å². The van der Waals surface area contributed by atoms with E-state index in [1.54, 1.807) is 10.8 Å². The van der Waals surface area contributed by atoms with Crippen molar-refractivity contribution in [1.82, 2.24) is 19.5 Å². The van der Waals surface area contributed by atoms with Crippen molar-refractivity contribution in [3.63, 3.8) is 0 Å². The number of anilines is 1. The van der Waals surface area contributed by atoms with Crippen molar-refractivity contribution in [1.29, 1.82) is 0 Å². The molecule has 2 aromatic heterocycles. The van der Waals surface area contributed by atoms with Crippen molar-refractivity contribution in [2.75, 3.05) is 11.9 Å². The Labute approximate surface area is 155 Å². The van der Waals surface area contributed by atoms with Gasteiger partial charge in [-0.25, -0.2) is 19.3 Å². The number of hydrogen-bond acceptors (Lipinski definition) is 4. The Morgan fingerprint density at radius 3 is 2.70 bits per heavy atom. The minimum atomic E-state index is -0.228. The average Bonchev–Trinajstić information content (AvgIpc) is 3.22. The van der Waals surface area contributed by atoms with Crippen LogP contribution in [-0.4, -0.2) is 26.1 Å². The molecule has 0 aliphatic carbocycles. The molecule has 4 aromatic rings. The fraction of sp³-hybridized carbons (Fsp3) is 0.190. The van der Waals surface area contributed by atoms with E-state index < -0.39 is 0 Å². The number of fused-ring (bicyclic) bond motifs is 2. The monoisotopic (exact) mass is 357 g/mol. The van der Waals surface area contributed by atoms with Crippen LogP contribution in [0.2, 0.25) is 0 Å². The van der Waals surface area contributed by atoms with Gasteiger partial charge in [-0.2, -0.15) is 0 Å². The van der Waals surface area contributed by atoms with E-state index >= 15 is 0 Å². The summed E-state index contributed by atoms with van der Waals surface area (Å²) in [5.41, 5.74) is 8.06. The molecular formula is C21H19N5O. The second-order valence-corrected chi connectivity index (χ2v) is 7.09. The van der Waals surface area contributed by atoms with E-state index in [-0.39, 0.29) is 5.69 Å². The number of nitrogens with zero attached hydrogens (tertiary/aromatic N) is 3. The molecule has 6 heteroatoms. The first-order valence-corrected chi connectivity index (χ1v) is 9.02. The third-order valence-corrected chi connectivity index (χ3v) is 4.97. The highest BCUT2D eigenvalue weighted by molar-refractivity contribution is 5.74. The normalized spacial score (nSPS) is 13.0. The van der Waals surface area contributed by atoms with Gasteiger partial charge in [0.2, 0.25) is 0 Å².